The van der Waals surface area contributed by atoms with Crippen molar-refractivity contribution in [2.45, 2.75) is 70.9 Å². The standard InChI is InChI=1S/C22H31N3O3/c1-4-18(16-12-10-15(2)11-13-16)23-19(26)14-25-20(27)22(3,24-21(25)28)17-8-6-5-7-9-17/h10-13,17-18H,4-9,14H2,1-3H3,(H,23,26)(H,24,28)/t18-,22+/m0/s1. The fourth-order valence-corrected chi connectivity index (χ4v) is 4.42. The molecule has 1 saturated carbocycles. The molecule has 3 rings (SSSR count). The van der Waals surface area contributed by atoms with Crippen LogP contribution >= 0.6 is 0 Å². The Labute approximate surface area is 167 Å². The summed E-state index contributed by atoms with van der Waals surface area (Å²) in [5.74, 6) is -0.450. The lowest BCUT2D eigenvalue weighted by Gasteiger charge is -2.34. The smallest absolute Gasteiger partial charge is 0.325 e. The largest absolute Gasteiger partial charge is 0.348 e. The maximum atomic E-state index is 13.0. The number of rotatable bonds is 6. The highest BCUT2D eigenvalue weighted by Crippen LogP contribution is 2.36. The minimum Gasteiger partial charge on any atom is -0.348 e. The molecule has 1 aliphatic heterocycles. The van der Waals surface area contributed by atoms with E-state index in [0.717, 1.165) is 48.1 Å². The van der Waals surface area contributed by atoms with Gasteiger partial charge in [-0.3, -0.25) is 14.5 Å². The second-order valence-corrected chi connectivity index (χ2v) is 8.30. The third kappa shape index (κ3) is 4.05. The first-order chi connectivity index (χ1) is 13.3. The minimum absolute atomic E-state index is 0.140. The van der Waals surface area contributed by atoms with Crippen molar-refractivity contribution < 1.29 is 14.4 Å². The summed E-state index contributed by atoms with van der Waals surface area (Å²) in [5.41, 5.74) is 1.29. The van der Waals surface area contributed by atoms with Gasteiger partial charge in [0.15, 0.2) is 0 Å². The highest BCUT2D eigenvalue weighted by atomic mass is 16.2. The highest BCUT2D eigenvalue weighted by Gasteiger charge is 2.52. The summed E-state index contributed by atoms with van der Waals surface area (Å²) < 4.78 is 0. The van der Waals surface area contributed by atoms with E-state index in [1.54, 1.807) is 0 Å². The van der Waals surface area contributed by atoms with E-state index in [2.05, 4.69) is 10.6 Å². The number of nitrogens with one attached hydrogen (secondary N) is 2. The predicted octanol–water partition coefficient (Wildman–Crippen LogP) is 3.45. The molecule has 1 aliphatic carbocycles. The molecule has 2 aliphatic rings. The molecular formula is C22H31N3O3. The van der Waals surface area contributed by atoms with Gasteiger partial charge in [0.25, 0.3) is 5.91 Å². The first-order valence-corrected chi connectivity index (χ1v) is 10.3. The third-order valence-corrected chi connectivity index (χ3v) is 6.25. The number of amides is 4. The van der Waals surface area contributed by atoms with Crippen molar-refractivity contribution in [2.75, 3.05) is 6.54 Å². The molecule has 4 amide bonds. The Bertz CT molecular complexity index is 740. The molecule has 0 radical (unpaired) electrons. The van der Waals surface area contributed by atoms with Crippen LogP contribution in [-0.2, 0) is 9.59 Å². The number of nitrogens with zero attached hydrogens (tertiary/aromatic N) is 1. The van der Waals surface area contributed by atoms with Gasteiger partial charge in [0.05, 0.1) is 6.04 Å². The summed E-state index contributed by atoms with van der Waals surface area (Å²) >= 11 is 0. The van der Waals surface area contributed by atoms with Crippen LogP contribution in [-0.4, -0.2) is 34.8 Å². The Morgan fingerprint density at radius 2 is 1.86 bits per heavy atom. The maximum absolute atomic E-state index is 13.0. The third-order valence-electron chi connectivity index (χ3n) is 6.25. The van der Waals surface area contributed by atoms with Crippen molar-refractivity contribution >= 4 is 17.8 Å². The summed E-state index contributed by atoms with van der Waals surface area (Å²) in [4.78, 5) is 39.1. The molecule has 2 fully saturated rings. The van der Waals surface area contributed by atoms with Crippen LogP contribution in [0.5, 0.6) is 0 Å². The molecule has 2 atom stereocenters. The lowest BCUT2D eigenvalue weighted by Crippen LogP contribution is -2.51. The first kappa shape index (κ1) is 20.4. The molecule has 2 N–H and O–H groups in total. The normalized spacial score (nSPS) is 24.2. The summed E-state index contributed by atoms with van der Waals surface area (Å²) in [6.45, 7) is 5.58. The van der Waals surface area contributed by atoms with Crippen LogP contribution in [0.3, 0.4) is 0 Å². The van der Waals surface area contributed by atoms with E-state index >= 15 is 0 Å². The van der Waals surface area contributed by atoms with Gasteiger partial charge in [0.1, 0.15) is 12.1 Å². The zero-order chi connectivity index (χ0) is 20.3. The van der Waals surface area contributed by atoms with Crippen LogP contribution < -0.4 is 10.6 Å². The fraction of sp³-hybridized carbons (Fsp3) is 0.591. The molecular weight excluding hydrogens is 354 g/mol. The maximum Gasteiger partial charge on any atom is 0.325 e. The van der Waals surface area contributed by atoms with Crippen molar-refractivity contribution in [3.63, 3.8) is 0 Å². The average Bonchev–Trinajstić information content (AvgIpc) is 2.91. The minimum atomic E-state index is -0.890. The molecule has 0 spiro atoms. The number of aryl methyl sites for hydroxylation is 1. The SMILES string of the molecule is CC[C@H](NC(=O)CN1C(=O)N[C@](C)(C2CCCCC2)C1=O)c1ccc(C)cc1. The summed E-state index contributed by atoms with van der Waals surface area (Å²) in [6.07, 6.45) is 5.95. The Kier molecular flexibility index (Phi) is 6.06. The second kappa shape index (κ2) is 8.33. The Hall–Kier alpha value is -2.37. The van der Waals surface area contributed by atoms with Crippen molar-refractivity contribution in [3.8, 4) is 0 Å². The number of urea groups is 1. The molecule has 0 bridgehead atoms. The number of carbonyl (C=O) groups excluding carboxylic acids is 3. The van der Waals surface area contributed by atoms with Gasteiger partial charge in [-0.25, -0.2) is 4.79 Å². The molecule has 6 heteroatoms. The Morgan fingerprint density at radius 3 is 2.46 bits per heavy atom. The van der Waals surface area contributed by atoms with Crippen molar-refractivity contribution in [2.24, 2.45) is 5.92 Å². The monoisotopic (exact) mass is 385 g/mol. The van der Waals surface area contributed by atoms with E-state index in [0.29, 0.717) is 0 Å². The predicted molar refractivity (Wildman–Crippen MR) is 108 cm³/mol. The van der Waals surface area contributed by atoms with Crippen LogP contribution in [0.1, 0.15) is 69.5 Å². The number of carbonyl (C=O) groups is 3. The topological polar surface area (TPSA) is 78.5 Å². The van der Waals surface area contributed by atoms with Crippen LogP contribution in [0.4, 0.5) is 4.79 Å². The fourth-order valence-electron chi connectivity index (χ4n) is 4.42. The molecule has 0 unspecified atom stereocenters. The van der Waals surface area contributed by atoms with Gasteiger partial charge >= 0.3 is 6.03 Å². The van der Waals surface area contributed by atoms with Gasteiger partial charge < -0.3 is 10.6 Å². The Morgan fingerprint density at radius 1 is 1.21 bits per heavy atom. The van der Waals surface area contributed by atoms with Gasteiger partial charge in [0, 0.05) is 0 Å². The lowest BCUT2D eigenvalue weighted by atomic mass is 9.75. The molecule has 1 saturated heterocycles. The van der Waals surface area contributed by atoms with Gasteiger partial charge in [-0.15, -0.1) is 0 Å². The van der Waals surface area contributed by atoms with Gasteiger partial charge in [0.2, 0.25) is 5.91 Å². The van der Waals surface area contributed by atoms with E-state index in [1.165, 1.54) is 6.42 Å². The molecule has 1 aromatic rings. The van der Waals surface area contributed by atoms with E-state index in [9.17, 15) is 14.4 Å². The zero-order valence-electron chi connectivity index (χ0n) is 17.1. The van der Waals surface area contributed by atoms with Crippen LogP contribution in [0, 0.1) is 12.8 Å². The Balaban J connectivity index is 1.65. The molecule has 1 aromatic carbocycles. The highest BCUT2D eigenvalue weighted by molar-refractivity contribution is 6.09. The van der Waals surface area contributed by atoms with Crippen molar-refractivity contribution in [3.05, 3.63) is 35.4 Å². The van der Waals surface area contributed by atoms with Crippen molar-refractivity contribution in [1.29, 1.82) is 0 Å². The summed E-state index contributed by atoms with van der Waals surface area (Å²) in [7, 11) is 0. The van der Waals surface area contributed by atoms with E-state index in [4.69, 9.17) is 0 Å². The van der Waals surface area contributed by atoms with E-state index in [-0.39, 0.29) is 30.3 Å². The lowest BCUT2D eigenvalue weighted by molar-refractivity contribution is -0.136. The first-order valence-electron chi connectivity index (χ1n) is 10.3. The number of hydrogen-bond donors (Lipinski definition) is 2. The summed E-state index contributed by atoms with van der Waals surface area (Å²) in [6, 6.07) is 7.42. The average molecular weight is 386 g/mol. The van der Waals surface area contributed by atoms with Gasteiger partial charge in [-0.1, -0.05) is 56.0 Å². The van der Waals surface area contributed by atoms with E-state index in [1.807, 2.05) is 45.0 Å². The molecule has 28 heavy (non-hydrogen) atoms. The van der Waals surface area contributed by atoms with Crippen molar-refractivity contribution in [1.82, 2.24) is 15.5 Å². The molecule has 0 aromatic heterocycles. The molecule has 6 nitrogen and oxygen atoms in total. The molecule has 1 heterocycles. The van der Waals surface area contributed by atoms with Gasteiger partial charge in [-0.05, 0) is 44.6 Å². The van der Waals surface area contributed by atoms with Gasteiger partial charge in [-0.2, -0.15) is 0 Å². The number of imide groups is 1. The zero-order valence-corrected chi connectivity index (χ0v) is 17.1. The van der Waals surface area contributed by atoms with E-state index < -0.39 is 11.6 Å². The molecule has 152 valence electrons. The number of hydrogen-bond acceptors (Lipinski definition) is 3. The van der Waals surface area contributed by atoms with Crippen LogP contribution in [0.15, 0.2) is 24.3 Å². The summed E-state index contributed by atoms with van der Waals surface area (Å²) in [5, 5.41) is 5.83. The second-order valence-electron chi connectivity index (χ2n) is 8.30. The van der Waals surface area contributed by atoms with Crippen LogP contribution in [0.2, 0.25) is 0 Å². The number of benzene rings is 1. The van der Waals surface area contributed by atoms with Crippen LogP contribution in [0.25, 0.3) is 0 Å². The quantitative estimate of drug-likeness (QED) is 0.736.